The van der Waals surface area contributed by atoms with Crippen LogP contribution in [0.15, 0.2) is 53.4 Å². The maximum atomic E-state index is 12.4. The van der Waals surface area contributed by atoms with Crippen LogP contribution in [0.2, 0.25) is 0 Å². The minimum Gasteiger partial charge on any atom is -0.369 e. The molecule has 0 unspecified atom stereocenters. The standard InChI is InChI=1S/C23H32N4O3S/c1-18(2)19-4-10-22(11-5-19)31(29,30)24-13-12-23(28)25-20-6-8-21(9-7-20)27-16-14-26(3)15-17-27/h4-11,18,24H,12-17H2,1-3H3,(H,25,28). The molecule has 1 amide bonds. The van der Waals surface area contributed by atoms with Gasteiger partial charge in [-0.25, -0.2) is 13.1 Å². The van der Waals surface area contributed by atoms with Crippen LogP contribution in [0.5, 0.6) is 0 Å². The van der Waals surface area contributed by atoms with Crippen molar-refractivity contribution in [3.8, 4) is 0 Å². The number of nitrogens with one attached hydrogen (secondary N) is 2. The zero-order valence-corrected chi connectivity index (χ0v) is 19.3. The van der Waals surface area contributed by atoms with Crippen LogP contribution >= 0.6 is 0 Å². The van der Waals surface area contributed by atoms with Gasteiger partial charge in [0.25, 0.3) is 0 Å². The van der Waals surface area contributed by atoms with Gasteiger partial charge in [-0.2, -0.15) is 0 Å². The molecule has 1 saturated heterocycles. The van der Waals surface area contributed by atoms with Gasteiger partial charge >= 0.3 is 0 Å². The van der Waals surface area contributed by atoms with E-state index >= 15 is 0 Å². The third kappa shape index (κ3) is 6.53. The van der Waals surface area contributed by atoms with E-state index in [-0.39, 0.29) is 23.8 Å². The van der Waals surface area contributed by atoms with Gasteiger partial charge in [-0.15, -0.1) is 0 Å². The summed E-state index contributed by atoms with van der Waals surface area (Å²) in [6.07, 6.45) is 0.0590. The second kappa shape index (κ2) is 10.3. The highest BCUT2D eigenvalue weighted by molar-refractivity contribution is 7.89. The van der Waals surface area contributed by atoms with Crippen LogP contribution in [-0.2, 0) is 14.8 Å². The molecule has 0 aliphatic carbocycles. The zero-order chi connectivity index (χ0) is 22.4. The predicted octanol–water partition coefficient (Wildman–Crippen LogP) is 2.87. The number of carbonyl (C=O) groups excluding carboxylic acids is 1. The number of piperazine rings is 1. The topological polar surface area (TPSA) is 81.7 Å². The lowest BCUT2D eigenvalue weighted by atomic mass is 10.0. The Bertz CT molecular complexity index is 965. The van der Waals surface area contributed by atoms with Crippen LogP contribution < -0.4 is 14.9 Å². The number of anilines is 2. The highest BCUT2D eigenvalue weighted by atomic mass is 32.2. The van der Waals surface area contributed by atoms with E-state index in [0.717, 1.165) is 37.4 Å². The van der Waals surface area contributed by atoms with Crippen molar-refractivity contribution in [2.45, 2.75) is 31.1 Å². The van der Waals surface area contributed by atoms with Crippen molar-refractivity contribution in [1.82, 2.24) is 9.62 Å². The van der Waals surface area contributed by atoms with E-state index < -0.39 is 10.0 Å². The maximum Gasteiger partial charge on any atom is 0.240 e. The third-order valence-electron chi connectivity index (χ3n) is 5.52. The normalized spacial score (nSPS) is 15.3. The van der Waals surface area contributed by atoms with E-state index in [4.69, 9.17) is 0 Å². The molecule has 2 aromatic carbocycles. The largest absolute Gasteiger partial charge is 0.369 e. The Kier molecular flexibility index (Phi) is 7.69. The van der Waals surface area contributed by atoms with Crippen LogP contribution in [0.3, 0.4) is 0 Å². The lowest BCUT2D eigenvalue weighted by Crippen LogP contribution is -2.44. The Morgan fingerprint density at radius 3 is 2.16 bits per heavy atom. The first-order valence-electron chi connectivity index (χ1n) is 10.7. The first-order chi connectivity index (χ1) is 14.7. The SMILES string of the molecule is CC(C)c1ccc(S(=O)(=O)NCCC(=O)Nc2ccc(N3CCN(C)CC3)cc2)cc1. The first kappa shape index (κ1) is 23.2. The molecule has 1 heterocycles. The van der Waals surface area contributed by atoms with Gasteiger partial charge < -0.3 is 15.1 Å². The van der Waals surface area contributed by atoms with Gasteiger partial charge in [0, 0.05) is 50.5 Å². The number of amides is 1. The summed E-state index contributed by atoms with van der Waals surface area (Å²) in [6, 6.07) is 14.6. The summed E-state index contributed by atoms with van der Waals surface area (Å²) < 4.78 is 27.3. The molecule has 1 aliphatic heterocycles. The molecule has 0 saturated carbocycles. The minimum atomic E-state index is -3.63. The summed E-state index contributed by atoms with van der Waals surface area (Å²) in [5.41, 5.74) is 2.93. The van der Waals surface area contributed by atoms with Crippen LogP contribution in [0.25, 0.3) is 0 Å². The van der Waals surface area contributed by atoms with E-state index in [2.05, 4.69) is 40.7 Å². The van der Waals surface area contributed by atoms with Gasteiger partial charge in [-0.05, 0) is 54.9 Å². The van der Waals surface area contributed by atoms with Crippen LogP contribution in [-0.4, -0.2) is 59.0 Å². The molecule has 3 rings (SSSR count). The Morgan fingerprint density at radius 1 is 0.968 bits per heavy atom. The Morgan fingerprint density at radius 2 is 1.58 bits per heavy atom. The van der Waals surface area contributed by atoms with Crippen LogP contribution in [0, 0.1) is 0 Å². The molecule has 2 aromatic rings. The maximum absolute atomic E-state index is 12.4. The molecular weight excluding hydrogens is 412 g/mol. The Balaban J connectivity index is 1.46. The highest BCUT2D eigenvalue weighted by Crippen LogP contribution is 2.20. The fourth-order valence-corrected chi connectivity index (χ4v) is 4.49. The van der Waals surface area contributed by atoms with E-state index in [1.807, 2.05) is 36.4 Å². The second-order valence-corrected chi connectivity index (χ2v) is 10.0. The number of benzene rings is 2. The number of carbonyl (C=O) groups is 1. The Hall–Kier alpha value is -2.42. The molecule has 0 bridgehead atoms. The van der Waals surface area contributed by atoms with Crippen molar-refractivity contribution in [3.63, 3.8) is 0 Å². The van der Waals surface area contributed by atoms with Crippen molar-refractivity contribution >= 4 is 27.3 Å². The summed E-state index contributed by atoms with van der Waals surface area (Å²) in [6.45, 7) is 8.21. The number of hydrogen-bond donors (Lipinski definition) is 2. The predicted molar refractivity (Wildman–Crippen MR) is 125 cm³/mol. The lowest BCUT2D eigenvalue weighted by Gasteiger charge is -2.34. The first-order valence-corrected chi connectivity index (χ1v) is 12.2. The second-order valence-electron chi connectivity index (χ2n) is 8.26. The molecule has 2 N–H and O–H groups in total. The molecule has 1 aliphatic rings. The molecule has 8 heteroatoms. The van der Waals surface area contributed by atoms with Gasteiger partial charge in [-0.1, -0.05) is 26.0 Å². The van der Waals surface area contributed by atoms with Crippen molar-refractivity contribution < 1.29 is 13.2 Å². The molecule has 0 atom stereocenters. The quantitative estimate of drug-likeness (QED) is 0.654. The summed E-state index contributed by atoms with van der Waals surface area (Å²) in [5, 5.41) is 2.82. The van der Waals surface area contributed by atoms with Crippen LogP contribution in [0.4, 0.5) is 11.4 Å². The van der Waals surface area contributed by atoms with Crippen molar-refractivity contribution in [2.24, 2.45) is 0 Å². The third-order valence-corrected chi connectivity index (χ3v) is 7.00. The molecule has 7 nitrogen and oxygen atoms in total. The summed E-state index contributed by atoms with van der Waals surface area (Å²) >= 11 is 0. The Labute approximate surface area is 185 Å². The number of rotatable bonds is 8. The number of sulfonamides is 1. The average molecular weight is 445 g/mol. The van der Waals surface area contributed by atoms with Gasteiger partial charge in [-0.3, -0.25) is 4.79 Å². The smallest absolute Gasteiger partial charge is 0.240 e. The summed E-state index contributed by atoms with van der Waals surface area (Å²) in [4.78, 5) is 17.1. The number of hydrogen-bond acceptors (Lipinski definition) is 5. The van der Waals surface area contributed by atoms with Gasteiger partial charge in [0.2, 0.25) is 15.9 Å². The molecule has 0 spiro atoms. The fraction of sp³-hybridized carbons (Fsp3) is 0.435. The molecule has 168 valence electrons. The summed E-state index contributed by atoms with van der Waals surface area (Å²) in [7, 11) is -1.51. The monoisotopic (exact) mass is 444 g/mol. The van der Waals surface area contributed by atoms with Gasteiger partial charge in [0.1, 0.15) is 0 Å². The molecule has 0 aromatic heterocycles. The molecule has 0 radical (unpaired) electrons. The lowest BCUT2D eigenvalue weighted by molar-refractivity contribution is -0.116. The van der Waals surface area contributed by atoms with Gasteiger partial charge in [0.15, 0.2) is 0 Å². The van der Waals surface area contributed by atoms with E-state index in [1.165, 1.54) is 0 Å². The van der Waals surface area contributed by atoms with Crippen LogP contribution in [0.1, 0.15) is 31.7 Å². The van der Waals surface area contributed by atoms with E-state index in [0.29, 0.717) is 11.6 Å². The fourth-order valence-electron chi connectivity index (χ4n) is 3.46. The van der Waals surface area contributed by atoms with E-state index in [1.54, 1.807) is 12.1 Å². The average Bonchev–Trinajstić information content (AvgIpc) is 2.75. The van der Waals surface area contributed by atoms with E-state index in [9.17, 15) is 13.2 Å². The number of nitrogens with zero attached hydrogens (tertiary/aromatic N) is 2. The van der Waals surface area contributed by atoms with Gasteiger partial charge in [0.05, 0.1) is 4.90 Å². The van der Waals surface area contributed by atoms with Crippen molar-refractivity contribution in [1.29, 1.82) is 0 Å². The molecule has 1 fully saturated rings. The van der Waals surface area contributed by atoms with Crippen molar-refractivity contribution in [3.05, 3.63) is 54.1 Å². The number of likely N-dealkylation sites (N-methyl/N-ethyl adjacent to an activating group) is 1. The highest BCUT2D eigenvalue weighted by Gasteiger charge is 2.16. The zero-order valence-electron chi connectivity index (χ0n) is 18.5. The molecular formula is C23H32N4O3S. The molecule has 31 heavy (non-hydrogen) atoms. The van der Waals surface area contributed by atoms with Crippen molar-refractivity contribution in [2.75, 3.05) is 50.0 Å². The minimum absolute atomic E-state index is 0.0411. The summed E-state index contributed by atoms with van der Waals surface area (Å²) in [5.74, 6) is 0.106.